The van der Waals surface area contributed by atoms with Crippen LogP contribution in [0.25, 0.3) is 11.3 Å². The van der Waals surface area contributed by atoms with Crippen molar-refractivity contribution < 1.29 is 19.1 Å². The Balaban J connectivity index is 1.45. The van der Waals surface area contributed by atoms with Gasteiger partial charge in [0.1, 0.15) is 23.1 Å². The van der Waals surface area contributed by atoms with E-state index in [-0.39, 0.29) is 23.0 Å². The normalized spacial score (nSPS) is 24.6. The number of ether oxygens (including phenoxy) is 1. The van der Waals surface area contributed by atoms with Crippen molar-refractivity contribution in [3.63, 3.8) is 0 Å². The van der Waals surface area contributed by atoms with Crippen LogP contribution in [0.5, 0.6) is 0 Å². The fourth-order valence-corrected chi connectivity index (χ4v) is 5.93. The van der Waals surface area contributed by atoms with Gasteiger partial charge in [0.05, 0.1) is 5.69 Å². The zero-order valence-electron chi connectivity index (χ0n) is 22.4. The summed E-state index contributed by atoms with van der Waals surface area (Å²) in [5, 5.41) is 2.96. The Kier molecular flexibility index (Phi) is 7.09. The third kappa shape index (κ3) is 5.69. The maximum absolute atomic E-state index is 13.5. The molecule has 1 aromatic heterocycles. The number of hydrogen-bond donors (Lipinski definition) is 1. The van der Waals surface area contributed by atoms with E-state index in [1.807, 2.05) is 72.0 Å². The minimum absolute atomic E-state index is 0.0146. The minimum Gasteiger partial charge on any atom is -0.444 e. The number of amides is 1. The first-order valence-electron chi connectivity index (χ1n) is 12.9. The van der Waals surface area contributed by atoms with Crippen molar-refractivity contribution in [3.8, 4) is 11.3 Å². The summed E-state index contributed by atoms with van der Waals surface area (Å²) in [6, 6.07) is 8.13. The molecule has 2 aromatic rings. The van der Waals surface area contributed by atoms with Gasteiger partial charge in [0.2, 0.25) is 0 Å². The van der Waals surface area contributed by atoms with Crippen molar-refractivity contribution in [2.45, 2.75) is 97.6 Å². The average Bonchev–Trinajstić information content (AvgIpc) is 2.76. The van der Waals surface area contributed by atoms with E-state index in [0.717, 1.165) is 59.2 Å². The number of aromatic nitrogens is 1. The van der Waals surface area contributed by atoms with Gasteiger partial charge in [0, 0.05) is 30.6 Å². The van der Waals surface area contributed by atoms with Crippen molar-refractivity contribution in [1.29, 1.82) is 0 Å². The molecule has 0 radical (unpaired) electrons. The molecule has 6 nitrogen and oxygen atoms in total. The molecule has 4 rings (SSSR count). The molecule has 6 heteroatoms. The first-order valence-corrected chi connectivity index (χ1v) is 12.9. The van der Waals surface area contributed by atoms with E-state index < -0.39 is 17.6 Å². The standard InChI is InChI=1S/C30H38N2O4/c1-18-7-8-23(31-17-18)21-13-19(2)26(20(3)14-21)27-24(33)15-30(16-25(27)34)11-9-22(10-12-30)32-28(35)36-29(4,5)6/h7-8,13-14,17,22,27H,9-12,15-16H2,1-6H3,(H,32,35). The van der Waals surface area contributed by atoms with Crippen molar-refractivity contribution in [2.75, 3.05) is 0 Å². The number of nitrogens with one attached hydrogen (secondary N) is 1. The monoisotopic (exact) mass is 490 g/mol. The van der Waals surface area contributed by atoms with Gasteiger partial charge in [0.15, 0.2) is 0 Å². The van der Waals surface area contributed by atoms with E-state index in [4.69, 9.17) is 4.74 Å². The summed E-state index contributed by atoms with van der Waals surface area (Å²) >= 11 is 0. The molecule has 0 aliphatic heterocycles. The molecule has 192 valence electrons. The number of benzene rings is 1. The van der Waals surface area contributed by atoms with Gasteiger partial charge in [-0.15, -0.1) is 0 Å². The summed E-state index contributed by atoms with van der Waals surface area (Å²) in [6.07, 6.45) is 5.29. The number of pyridine rings is 1. The predicted molar refractivity (Wildman–Crippen MR) is 140 cm³/mol. The summed E-state index contributed by atoms with van der Waals surface area (Å²) in [6.45, 7) is 11.5. The molecule has 36 heavy (non-hydrogen) atoms. The Morgan fingerprint density at radius 2 is 1.58 bits per heavy atom. The van der Waals surface area contributed by atoms with Gasteiger partial charge >= 0.3 is 6.09 Å². The molecule has 1 heterocycles. The first kappa shape index (κ1) is 26.1. The molecule has 0 saturated heterocycles. The van der Waals surface area contributed by atoms with E-state index in [1.165, 1.54) is 0 Å². The lowest BCUT2D eigenvalue weighted by Gasteiger charge is -2.43. The molecule has 0 bridgehead atoms. The molecule has 1 N–H and O–H groups in total. The maximum Gasteiger partial charge on any atom is 0.407 e. The second-order valence-corrected chi connectivity index (χ2v) is 11.9. The summed E-state index contributed by atoms with van der Waals surface area (Å²) < 4.78 is 5.38. The summed E-state index contributed by atoms with van der Waals surface area (Å²) in [4.78, 5) is 43.6. The van der Waals surface area contributed by atoms with Crippen molar-refractivity contribution >= 4 is 17.7 Å². The van der Waals surface area contributed by atoms with Crippen LogP contribution in [0.15, 0.2) is 30.5 Å². The topological polar surface area (TPSA) is 85.4 Å². The number of carbonyl (C=O) groups excluding carboxylic acids is 3. The number of carbonyl (C=O) groups is 3. The lowest BCUT2D eigenvalue weighted by atomic mass is 9.60. The quantitative estimate of drug-likeness (QED) is 0.522. The molecule has 2 aliphatic carbocycles. The van der Waals surface area contributed by atoms with Gasteiger partial charge in [-0.05, 0) is 113 Å². The molecular weight excluding hydrogens is 452 g/mol. The van der Waals surface area contributed by atoms with Gasteiger partial charge in [0.25, 0.3) is 0 Å². The van der Waals surface area contributed by atoms with E-state index in [1.54, 1.807) is 0 Å². The highest BCUT2D eigenvalue weighted by Crippen LogP contribution is 2.49. The van der Waals surface area contributed by atoms with Crippen LogP contribution in [0, 0.1) is 26.2 Å². The predicted octanol–water partition coefficient (Wildman–Crippen LogP) is 6.14. The molecule has 2 fully saturated rings. The molecule has 2 aliphatic rings. The Hall–Kier alpha value is -3.02. The minimum atomic E-state index is -0.687. The number of hydrogen-bond acceptors (Lipinski definition) is 5. The lowest BCUT2D eigenvalue weighted by molar-refractivity contribution is -0.138. The summed E-state index contributed by atoms with van der Waals surface area (Å²) in [7, 11) is 0. The van der Waals surface area contributed by atoms with Crippen LogP contribution in [-0.4, -0.2) is 34.3 Å². The summed E-state index contributed by atoms with van der Waals surface area (Å²) in [5.41, 5.74) is 4.93. The van der Waals surface area contributed by atoms with Gasteiger partial charge in [-0.2, -0.15) is 0 Å². The van der Waals surface area contributed by atoms with Crippen molar-refractivity contribution in [3.05, 3.63) is 52.7 Å². The van der Waals surface area contributed by atoms with Crippen LogP contribution in [-0.2, 0) is 14.3 Å². The highest BCUT2D eigenvalue weighted by Gasteiger charge is 2.47. The molecule has 1 spiro atoms. The molecule has 0 unspecified atom stereocenters. The maximum atomic E-state index is 13.5. The number of rotatable bonds is 3. The summed E-state index contributed by atoms with van der Waals surface area (Å²) in [5.74, 6) is -0.636. The smallest absolute Gasteiger partial charge is 0.407 e. The zero-order chi connectivity index (χ0) is 26.3. The van der Waals surface area contributed by atoms with Crippen LogP contribution in [0.1, 0.15) is 87.5 Å². The van der Waals surface area contributed by atoms with Gasteiger partial charge in [-0.25, -0.2) is 4.79 Å². The number of aryl methyl sites for hydroxylation is 3. The molecule has 1 amide bonds. The Labute approximate surface area is 214 Å². The largest absolute Gasteiger partial charge is 0.444 e. The fourth-order valence-electron chi connectivity index (χ4n) is 5.93. The van der Waals surface area contributed by atoms with Gasteiger partial charge in [-0.1, -0.05) is 6.07 Å². The van der Waals surface area contributed by atoms with E-state index in [0.29, 0.717) is 12.8 Å². The molecule has 0 atom stereocenters. The van der Waals surface area contributed by atoms with Crippen molar-refractivity contribution in [1.82, 2.24) is 10.3 Å². The van der Waals surface area contributed by atoms with Gasteiger partial charge < -0.3 is 10.1 Å². The second kappa shape index (κ2) is 9.79. The Morgan fingerprint density at radius 3 is 2.08 bits per heavy atom. The van der Waals surface area contributed by atoms with Crippen LogP contribution < -0.4 is 5.32 Å². The van der Waals surface area contributed by atoms with Crippen molar-refractivity contribution in [2.24, 2.45) is 5.41 Å². The van der Waals surface area contributed by atoms with Crippen LogP contribution >= 0.6 is 0 Å². The molecule has 1 aromatic carbocycles. The number of alkyl carbamates (subject to hydrolysis) is 1. The van der Waals surface area contributed by atoms with Crippen LogP contribution in [0.2, 0.25) is 0 Å². The highest BCUT2D eigenvalue weighted by atomic mass is 16.6. The van der Waals surface area contributed by atoms with Crippen LogP contribution in [0.4, 0.5) is 4.79 Å². The second-order valence-electron chi connectivity index (χ2n) is 11.9. The fraction of sp³-hybridized carbons (Fsp3) is 0.533. The molecular formula is C30H38N2O4. The third-order valence-corrected chi connectivity index (χ3v) is 7.60. The SMILES string of the molecule is Cc1ccc(-c2cc(C)c(C3C(=O)CC4(CCC(NC(=O)OC(C)(C)C)CC4)CC3=O)c(C)c2)nc1. The van der Waals surface area contributed by atoms with E-state index >= 15 is 0 Å². The van der Waals surface area contributed by atoms with Gasteiger partial charge in [-0.3, -0.25) is 14.6 Å². The first-order chi connectivity index (χ1) is 16.9. The highest BCUT2D eigenvalue weighted by molar-refractivity contribution is 6.10. The third-order valence-electron chi connectivity index (χ3n) is 7.60. The number of Topliss-reactive ketones (excluding diaryl/α,β-unsaturated/α-hetero) is 2. The number of nitrogens with zero attached hydrogens (tertiary/aromatic N) is 1. The Morgan fingerprint density at radius 1 is 1.00 bits per heavy atom. The molecule has 2 saturated carbocycles. The zero-order valence-corrected chi connectivity index (χ0v) is 22.4. The van der Waals surface area contributed by atoms with E-state index in [9.17, 15) is 14.4 Å². The number of ketones is 2. The lowest BCUT2D eigenvalue weighted by Crippen LogP contribution is -2.46. The average molecular weight is 491 g/mol. The van der Waals surface area contributed by atoms with Crippen LogP contribution in [0.3, 0.4) is 0 Å². The Bertz CT molecular complexity index is 1130. The van der Waals surface area contributed by atoms with E-state index in [2.05, 4.69) is 10.3 Å².